The Bertz CT molecular complexity index is 1010. The van der Waals surface area contributed by atoms with Crippen molar-refractivity contribution >= 4 is 46.6 Å². The summed E-state index contributed by atoms with van der Waals surface area (Å²) in [6, 6.07) is 16.8. The Labute approximate surface area is 177 Å². The summed E-state index contributed by atoms with van der Waals surface area (Å²) in [4.78, 5) is 12.1. The number of hydrazone groups is 1. The van der Waals surface area contributed by atoms with E-state index in [4.69, 9.17) is 17.4 Å². The summed E-state index contributed by atoms with van der Waals surface area (Å²) < 4.78 is 1.26. The fourth-order valence-corrected chi connectivity index (χ4v) is 3.27. The molecular weight excluding hydrogens is 410 g/mol. The Morgan fingerprint density at radius 3 is 2.62 bits per heavy atom. The number of nitrogen functional groups attached to an aromatic ring is 1. The smallest absolute Gasteiger partial charge is 0.264 e. The quantitative estimate of drug-likeness (QED) is 0.218. The SMILES string of the molecule is CC/C(=N\Nc1nnc(SCC(=O)Nc2ccccc2Cl)n1N)c1ccccc1. The number of anilines is 2. The first-order valence-electron chi connectivity index (χ1n) is 8.84. The summed E-state index contributed by atoms with van der Waals surface area (Å²) in [6.07, 6.45) is 0.736. The third-order valence-corrected chi connectivity index (χ3v) is 5.15. The minimum Gasteiger partial charge on any atom is -0.334 e. The molecule has 1 aromatic heterocycles. The summed E-state index contributed by atoms with van der Waals surface area (Å²) in [5, 5.41) is 16.0. The summed E-state index contributed by atoms with van der Waals surface area (Å²) >= 11 is 7.20. The number of para-hydroxylation sites is 1. The second-order valence-corrected chi connectivity index (χ2v) is 7.23. The van der Waals surface area contributed by atoms with E-state index in [2.05, 4.69) is 26.0 Å². The number of hydrogen-bond acceptors (Lipinski definition) is 7. The van der Waals surface area contributed by atoms with Crippen molar-refractivity contribution in [1.82, 2.24) is 14.9 Å². The van der Waals surface area contributed by atoms with Crippen LogP contribution in [0.5, 0.6) is 0 Å². The maximum absolute atomic E-state index is 12.1. The molecule has 1 amide bonds. The lowest BCUT2D eigenvalue weighted by Crippen LogP contribution is -2.17. The maximum Gasteiger partial charge on any atom is 0.264 e. The molecule has 0 bridgehead atoms. The largest absolute Gasteiger partial charge is 0.334 e. The Balaban J connectivity index is 1.60. The van der Waals surface area contributed by atoms with Gasteiger partial charge in [0.15, 0.2) is 0 Å². The minimum absolute atomic E-state index is 0.105. The molecule has 0 unspecified atom stereocenters. The van der Waals surface area contributed by atoms with Crippen LogP contribution in [0.15, 0.2) is 64.9 Å². The number of carbonyl (C=O) groups excluding carboxylic acids is 1. The number of nitrogens with two attached hydrogens (primary N) is 1. The molecule has 0 fully saturated rings. The molecule has 4 N–H and O–H groups in total. The van der Waals surface area contributed by atoms with Crippen LogP contribution in [0, 0.1) is 0 Å². The maximum atomic E-state index is 12.1. The van der Waals surface area contributed by atoms with Crippen LogP contribution < -0.4 is 16.6 Å². The fraction of sp³-hybridized carbons (Fsp3) is 0.158. The monoisotopic (exact) mass is 429 g/mol. The van der Waals surface area contributed by atoms with Gasteiger partial charge in [-0.05, 0) is 24.1 Å². The number of nitrogens with one attached hydrogen (secondary N) is 2. The molecule has 2 aromatic carbocycles. The van der Waals surface area contributed by atoms with Crippen molar-refractivity contribution < 1.29 is 4.79 Å². The van der Waals surface area contributed by atoms with Gasteiger partial charge in [0.2, 0.25) is 11.1 Å². The first kappa shape index (κ1) is 20.7. The van der Waals surface area contributed by atoms with Gasteiger partial charge < -0.3 is 11.2 Å². The third-order valence-electron chi connectivity index (χ3n) is 3.88. The predicted octanol–water partition coefficient (Wildman–Crippen LogP) is 3.60. The molecule has 0 spiro atoms. The van der Waals surface area contributed by atoms with E-state index in [-0.39, 0.29) is 17.6 Å². The Morgan fingerprint density at radius 1 is 1.17 bits per heavy atom. The van der Waals surface area contributed by atoms with Crippen LogP contribution in [0.3, 0.4) is 0 Å². The Hall–Kier alpha value is -3.04. The van der Waals surface area contributed by atoms with Crippen LogP contribution in [-0.2, 0) is 4.79 Å². The van der Waals surface area contributed by atoms with Crippen molar-refractivity contribution in [3.63, 3.8) is 0 Å². The molecule has 0 aliphatic carbocycles. The second-order valence-electron chi connectivity index (χ2n) is 5.88. The van der Waals surface area contributed by atoms with Crippen molar-refractivity contribution in [2.75, 3.05) is 22.3 Å². The van der Waals surface area contributed by atoms with E-state index in [1.165, 1.54) is 4.68 Å². The molecule has 3 rings (SSSR count). The van der Waals surface area contributed by atoms with E-state index < -0.39 is 0 Å². The van der Waals surface area contributed by atoms with E-state index in [0.29, 0.717) is 15.9 Å². The van der Waals surface area contributed by atoms with Crippen LogP contribution in [0.25, 0.3) is 0 Å². The highest BCUT2D eigenvalue weighted by molar-refractivity contribution is 7.99. The summed E-state index contributed by atoms with van der Waals surface area (Å²) in [5.74, 6) is 6.18. The normalized spacial score (nSPS) is 11.3. The molecule has 8 nitrogen and oxygen atoms in total. The zero-order valence-corrected chi connectivity index (χ0v) is 17.2. The molecule has 10 heteroatoms. The summed E-state index contributed by atoms with van der Waals surface area (Å²) in [6.45, 7) is 2.01. The predicted molar refractivity (Wildman–Crippen MR) is 118 cm³/mol. The standard InChI is InChI=1S/C19H20ClN7OS/c1-2-15(13-8-4-3-5-9-13)23-24-18-25-26-19(27(18)21)29-12-17(28)22-16-11-7-6-10-14(16)20/h3-11H,2,12,21H2,1H3,(H,22,28)(H,24,25)/b23-15+. The highest BCUT2D eigenvalue weighted by Crippen LogP contribution is 2.22. The Kier molecular flexibility index (Phi) is 7.09. The van der Waals surface area contributed by atoms with E-state index in [0.717, 1.165) is 29.5 Å². The van der Waals surface area contributed by atoms with Gasteiger partial charge in [-0.25, -0.2) is 10.1 Å². The van der Waals surface area contributed by atoms with Gasteiger partial charge in [-0.15, -0.1) is 10.2 Å². The number of nitrogens with zero attached hydrogens (tertiary/aromatic N) is 4. The lowest BCUT2D eigenvalue weighted by molar-refractivity contribution is -0.113. The van der Waals surface area contributed by atoms with E-state index in [1.54, 1.807) is 24.3 Å². The number of carbonyl (C=O) groups is 1. The lowest BCUT2D eigenvalue weighted by atomic mass is 10.1. The van der Waals surface area contributed by atoms with Crippen LogP contribution in [0.1, 0.15) is 18.9 Å². The first-order chi connectivity index (χ1) is 14.1. The minimum atomic E-state index is -0.226. The van der Waals surface area contributed by atoms with Crippen LogP contribution in [0.4, 0.5) is 11.6 Å². The van der Waals surface area contributed by atoms with Crippen molar-refractivity contribution in [3.8, 4) is 0 Å². The highest BCUT2D eigenvalue weighted by Gasteiger charge is 2.13. The number of halogens is 1. The fourth-order valence-electron chi connectivity index (χ4n) is 2.43. The second kappa shape index (κ2) is 9.94. The number of thioether (sulfide) groups is 1. The summed E-state index contributed by atoms with van der Waals surface area (Å²) in [5.41, 5.74) is 5.27. The molecule has 0 atom stereocenters. The topological polar surface area (TPSA) is 110 Å². The van der Waals surface area contributed by atoms with Crippen molar-refractivity contribution in [3.05, 3.63) is 65.2 Å². The summed E-state index contributed by atoms with van der Waals surface area (Å²) in [7, 11) is 0. The lowest BCUT2D eigenvalue weighted by Gasteiger charge is -2.07. The number of aromatic nitrogens is 3. The molecule has 0 aliphatic rings. The van der Waals surface area contributed by atoms with Crippen LogP contribution in [0.2, 0.25) is 5.02 Å². The third kappa shape index (κ3) is 5.49. The van der Waals surface area contributed by atoms with Crippen LogP contribution >= 0.6 is 23.4 Å². The zero-order valence-electron chi connectivity index (χ0n) is 15.7. The van der Waals surface area contributed by atoms with Gasteiger partial charge >= 0.3 is 0 Å². The van der Waals surface area contributed by atoms with Gasteiger partial charge in [-0.1, -0.05) is 72.8 Å². The van der Waals surface area contributed by atoms with Gasteiger partial charge in [0.25, 0.3) is 5.95 Å². The number of hydrogen-bond donors (Lipinski definition) is 3. The molecule has 0 aliphatic heterocycles. The van der Waals surface area contributed by atoms with Gasteiger partial charge in [-0.2, -0.15) is 5.10 Å². The average molecular weight is 430 g/mol. The molecule has 150 valence electrons. The molecule has 0 radical (unpaired) electrons. The molecule has 0 saturated carbocycles. The highest BCUT2D eigenvalue weighted by atomic mass is 35.5. The van der Waals surface area contributed by atoms with Crippen molar-refractivity contribution in [2.45, 2.75) is 18.5 Å². The van der Waals surface area contributed by atoms with Crippen LogP contribution in [-0.4, -0.2) is 32.2 Å². The number of benzene rings is 2. The first-order valence-corrected chi connectivity index (χ1v) is 10.2. The average Bonchev–Trinajstić information content (AvgIpc) is 3.09. The van der Waals surface area contributed by atoms with Gasteiger partial charge in [0.1, 0.15) is 0 Å². The Morgan fingerprint density at radius 2 is 1.90 bits per heavy atom. The molecular formula is C19H20ClN7OS. The van der Waals surface area contributed by atoms with Gasteiger partial charge in [-0.3, -0.25) is 4.79 Å². The van der Waals surface area contributed by atoms with E-state index in [1.807, 2.05) is 37.3 Å². The van der Waals surface area contributed by atoms with E-state index >= 15 is 0 Å². The zero-order chi connectivity index (χ0) is 20.6. The number of rotatable bonds is 8. The molecule has 3 aromatic rings. The van der Waals surface area contributed by atoms with Crippen molar-refractivity contribution in [1.29, 1.82) is 0 Å². The van der Waals surface area contributed by atoms with Gasteiger partial charge in [0, 0.05) is 0 Å². The number of amides is 1. The van der Waals surface area contributed by atoms with E-state index in [9.17, 15) is 4.79 Å². The molecule has 0 saturated heterocycles. The molecule has 29 heavy (non-hydrogen) atoms. The van der Waals surface area contributed by atoms with Gasteiger partial charge in [0.05, 0.1) is 22.2 Å². The van der Waals surface area contributed by atoms with Crippen molar-refractivity contribution in [2.24, 2.45) is 5.10 Å². The molecule has 1 heterocycles.